The number of carbonyl (C=O) groups excluding carboxylic acids is 2. The van der Waals surface area contributed by atoms with Crippen molar-refractivity contribution in [2.45, 2.75) is 23.1 Å². The number of carboxylic acid groups (broad SMARTS) is 1. The lowest BCUT2D eigenvalue weighted by Crippen LogP contribution is -2.32. The lowest BCUT2D eigenvalue weighted by Gasteiger charge is -2.23. The Morgan fingerprint density at radius 1 is 1.33 bits per heavy atom. The van der Waals surface area contributed by atoms with Crippen molar-refractivity contribution < 1.29 is 19.5 Å². The minimum absolute atomic E-state index is 0.00335. The Kier molecular flexibility index (Phi) is 4.52. The normalized spacial score (nSPS) is 16.2. The van der Waals surface area contributed by atoms with E-state index < -0.39 is 11.2 Å². The Balaban J connectivity index is 1.60. The second-order valence-electron chi connectivity index (χ2n) is 5.14. The minimum atomic E-state index is -1.02. The van der Waals surface area contributed by atoms with Gasteiger partial charge >= 0.3 is 5.97 Å². The molecule has 2 amide bonds. The summed E-state index contributed by atoms with van der Waals surface area (Å²) in [6.45, 7) is -0.284. The van der Waals surface area contributed by atoms with E-state index >= 15 is 0 Å². The van der Waals surface area contributed by atoms with Crippen molar-refractivity contribution >= 4 is 41.1 Å². The highest BCUT2D eigenvalue weighted by Gasteiger charge is 2.28. The summed E-state index contributed by atoms with van der Waals surface area (Å²) in [4.78, 5) is 35.7. The number of aromatic nitrogens is 2. The predicted molar refractivity (Wildman–Crippen MR) is 87.8 cm³/mol. The van der Waals surface area contributed by atoms with E-state index in [1.54, 1.807) is 0 Å². The van der Waals surface area contributed by atoms with Crippen LogP contribution in [0.1, 0.15) is 6.42 Å². The molecule has 124 valence electrons. The van der Waals surface area contributed by atoms with Crippen LogP contribution in [-0.4, -0.2) is 37.9 Å². The molecule has 2 aromatic rings. The molecule has 24 heavy (non-hydrogen) atoms. The summed E-state index contributed by atoms with van der Waals surface area (Å²) >= 11 is 1.34. The number of fused-ring (bicyclic) bond motifs is 1. The maximum absolute atomic E-state index is 12.1. The van der Waals surface area contributed by atoms with Crippen LogP contribution < -0.4 is 10.6 Å². The molecule has 0 fully saturated rings. The minimum Gasteiger partial charge on any atom is -0.480 e. The molecule has 1 aromatic carbocycles. The summed E-state index contributed by atoms with van der Waals surface area (Å²) in [5.41, 5.74) is 0.747. The molecule has 9 heteroatoms. The number of anilines is 2. The Morgan fingerprint density at radius 3 is 2.92 bits per heavy atom. The number of rotatable bonds is 5. The maximum Gasteiger partial charge on any atom is 0.325 e. The van der Waals surface area contributed by atoms with Crippen LogP contribution in [0, 0.1) is 0 Å². The average molecular weight is 346 g/mol. The van der Waals surface area contributed by atoms with Gasteiger partial charge in [0.25, 0.3) is 0 Å². The van der Waals surface area contributed by atoms with Gasteiger partial charge in [-0.15, -0.1) is 11.8 Å². The molecule has 0 spiro atoms. The Hall–Kier alpha value is -2.81. The van der Waals surface area contributed by atoms with Gasteiger partial charge in [-0.3, -0.25) is 19.1 Å². The molecule has 0 saturated carbocycles. The third-order valence-electron chi connectivity index (χ3n) is 3.28. The van der Waals surface area contributed by atoms with E-state index in [1.807, 2.05) is 24.3 Å². The van der Waals surface area contributed by atoms with E-state index in [9.17, 15) is 14.4 Å². The van der Waals surface area contributed by atoms with Crippen molar-refractivity contribution in [1.82, 2.24) is 9.78 Å². The van der Waals surface area contributed by atoms with Crippen LogP contribution in [0.4, 0.5) is 11.5 Å². The Morgan fingerprint density at radius 2 is 2.12 bits per heavy atom. The van der Waals surface area contributed by atoms with E-state index in [0.717, 1.165) is 10.6 Å². The third-order valence-corrected chi connectivity index (χ3v) is 4.56. The van der Waals surface area contributed by atoms with Gasteiger partial charge in [-0.05, 0) is 12.1 Å². The number of para-hydroxylation sites is 1. The second-order valence-corrected chi connectivity index (χ2v) is 6.38. The topological polar surface area (TPSA) is 113 Å². The number of carbonyl (C=O) groups is 3. The number of aliphatic carboxylic acids is 1. The average Bonchev–Trinajstić information content (AvgIpc) is 2.94. The van der Waals surface area contributed by atoms with Crippen LogP contribution in [0.15, 0.2) is 41.4 Å². The molecule has 1 aromatic heterocycles. The number of thioether (sulfide) groups is 1. The van der Waals surface area contributed by atoms with E-state index in [2.05, 4.69) is 15.7 Å². The van der Waals surface area contributed by atoms with Crippen molar-refractivity contribution in [2.75, 3.05) is 10.6 Å². The summed E-state index contributed by atoms with van der Waals surface area (Å²) in [6, 6.07) is 8.91. The first-order valence-electron chi connectivity index (χ1n) is 7.13. The van der Waals surface area contributed by atoms with Crippen LogP contribution in [0.2, 0.25) is 0 Å². The van der Waals surface area contributed by atoms with Crippen LogP contribution in [-0.2, 0) is 20.9 Å². The van der Waals surface area contributed by atoms with E-state index in [4.69, 9.17) is 5.11 Å². The first kappa shape index (κ1) is 16.1. The molecular weight excluding hydrogens is 332 g/mol. The summed E-state index contributed by atoms with van der Waals surface area (Å²) in [5, 5.41) is 17.4. The molecule has 3 N–H and O–H groups in total. The fourth-order valence-corrected chi connectivity index (χ4v) is 3.35. The van der Waals surface area contributed by atoms with Crippen molar-refractivity contribution in [3.8, 4) is 0 Å². The van der Waals surface area contributed by atoms with Gasteiger partial charge < -0.3 is 15.7 Å². The second kappa shape index (κ2) is 6.75. The highest BCUT2D eigenvalue weighted by atomic mass is 32.2. The molecule has 2 heterocycles. The van der Waals surface area contributed by atoms with Gasteiger partial charge in [-0.2, -0.15) is 5.10 Å². The van der Waals surface area contributed by atoms with Gasteiger partial charge in [0, 0.05) is 23.6 Å². The number of hydrogen-bond donors (Lipinski definition) is 3. The molecule has 0 aliphatic carbocycles. The van der Waals surface area contributed by atoms with Crippen LogP contribution in [0.25, 0.3) is 0 Å². The van der Waals surface area contributed by atoms with Gasteiger partial charge in [-0.1, -0.05) is 12.1 Å². The molecular formula is C15H14N4O4S. The highest BCUT2D eigenvalue weighted by molar-refractivity contribution is 8.01. The van der Waals surface area contributed by atoms with Gasteiger partial charge in [-0.25, -0.2) is 0 Å². The van der Waals surface area contributed by atoms with Crippen molar-refractivity contribution in [2.24, 2.45) is 0 Å². The maximum atomic E-state index is 12.1. The zero-order valence-electron chi connectivity index (χ0n) is 12.4. The molecule has 1 atom stereocenters. The lowest BCUT2D eigenvalue weighted by molar-refractivity contribution is -0.137. The molecule has 1 aliphatic rings. The van der Waals surface area contributed by atoms with Crippen LogP contribution in [0.3, 0.4) is 0 Å². The third kappa shape index (κ3) is 3.74. The standard InChI is InChI=1S/C15H14N4O4S/c20-13(17-12-5-6-19(18-12)8-14(21)22)7-11-15(23)16-9-3-1-2-4-10(9)24-11/h1-6,11H,7-8H2,(H,16,23)(H,21,22)(H,17,18,20). The van der Waals surface area contributed by atoms with Gasteiger partial charge in [0.05, 0.1) is 10.9 Å². The SMILES string of the molecule is O=C(O)Cn1ccc(NC(=O)CC2Sc3ccccc3NC2=O)n1. The molecule has 1 aliphatic heterocycles. The first-order chi connectivity index (χ1) is 11.5. The van der Waals surface area contributed by atoms with E-state index in [-0.39, 0.29) is 30.6 Å². The van der Waals surface area contributed by atoms with Crippen molar-refractivity contribution in [3.63, 3.8) is 0 Å². The zero-order valence-corrected chi connectivity index (χ0v) is 13.2. The predicted octanol–water partition coefficient (Wildman–Crippen LogP) is 1.41. The molecule has 0 saturated heterocycles. The van der Waals surface area contributed by atoms with Gasteiger partial charge in [0.15, 0.2) is 5.82 Å². The number of nitrogens with one attached hydrogen (secondary N) is 2. The number of hydrogen-bond acceptors (Lipinski definition) is 5. The monoisotopic (exact) mass is 346 g/mol. The van der Waals surface area contributed by atoms with Gasteiger partial charge in [0.1, 0.15) is 6.54 Å². The van der Waals surface area contributed by atoms with Crippen molar-refractivity contribution in [1.29, 1.82) is 0 Å². The largest absolute Gasteiger partial charge is 0.480 e. The number of amides is 2. The smallest absolute Gasteiger partial charge is 0.325 e. The fraction of sp³-hybridized carbons (Fsp3) is 0.200. The Bertz CT molecular complexity index is 804. The molecule has 3 rings (SSSR count). The Labute approximate surface area is 141 Å². The van der Waals surface area contributed by atoms with Gasteiger partial charge in [0.2, 0.25) is 11.8 Å². The van der Waals surface area contributed by atoms with E-state index in [0.29, 0.717) is 0 Å². The fourth-order valence-electron chi connectivity index (χ4n) is 2.24. The highest BCUT2D eigenvalue weighted by Crippen LogP contribution is 2.36. The number of benzene rings is 1. The quantitative estimate of drug-likeness (QED) is 0.754. The summed E-state index contributed by atoms with van der Waals surface area (Å²) in [6.07, 6.45) is 1.46. The molecule has 0 radical (unpaired) electrons. The number of nitrogens with zero attached hydrogens (tertiary/aromatic N) is 2. The molecule has 1 unspecified atom stereocenters. The summed E-state index contributed by atoms with van der Waals surface area (Å²) in [7, 11) is 0. The first-order valence-corrected chi connectivity index (χ1v) is 8.01. The summed E-state index contributed by atoms with van der Waals surface area (Å²) in [5.74, 6) is -1.35. The molecule has 8 nitrogen and oxygen atoms in total. The molecule has 0 bridgehead atoms. The number of carboxylic acids is 1. The van der Waals surface area contributed by atoms with E-state index in [1.165, 1.54) is 28.7 Å². The lowest BCUT2D eigenvalue weighted by atomic mass is 10.2. The summed E-state index contributed by atoms with van der Waals surface area (Å²) < 4.78 is 1.20. The van der Waals surface area contributed by atoms with Crippen LogP contribution in [0.5, 0.6) is 0 Å². The zero-order chi connectivity index (χ0) is 17.1. The van der Waals surface area contributed by atoms with Crippen LogP contribution >= 0.6 is 11.8 Å². The van der Waals surface area contributed by atoms with Crippen molar-refractivity contribution in [3.05, 3.63) is 36.5 Å².